The fraction of sp³-hybridized carbons (Fsp3) is 0. The van der Waals surface area contributed by atoms with Gasteiger partial charge in [-0.05, 0) is 12.2 Å². The quantitative estimate of drug-likeness (QED) is 0.435. The topological polar surface area (TPSA) is 0 Å². The second-order valence-electron chi connectivity index (χ2n) is 1.04. The molecule has 1 aliphatic rings. The van der Waals surface area contributed by atoms with E-state index in [1.54, 1.807) is 0 Å². The van der Waals surface area contributed by atoms with Crippen LogP contribution >= 0.6 is 6.70 Å². The molecule has 1 rings (SSSR count). The molecule has 0 fully saturated rings. The van der Waals surface area contributed by atoms with Crippen molar-refractivity contribution >= 4 is 18.5 Å². The fourth-order valence-corrected chi connectivity index (χ4v) is 1.38. The van der Waals surface area contributed by atoms with Crippen LogP contribution in [0, 0.1) is 0 Å². The Balaban J connectivity index is 2.86. The predicted molar refractivity (Wildman–Crippen MR) is 32.6 cm³/mol. The first-order chi connectivity index (χ1) is 2.89. The van der Waals surface area contributed by atoms with Gasteiger partial charge in [-0.3, -0.25) is 0 Å². The first-order valence-corrected chi connectivity index (χ1v) is 4.19. The minimum atomic E-state index is -0.243. The minimum Gasteiger partial charge on any atom is -0.0145 e. The van der Waals surface area contributed by atoms with Gasteiger partial charge in [0, 0.05) is 0 Å². The van der Waals surface area contributed by atoms with Gasteiger partial charge in [0.1, 0.15) is 11.6 Å². The van der Waals surface area contributed by atoms with Crippen molar-refractivity contribution < 1.29 is 0 Å². The van der Waals surface area contributed by atoms with Crippen LogP contribution in [0.2, 0.25) is 0 Å². The van der Waals surface area contributed by atoms with Crippen molar-refractivity contribution in [3.63, 3.8) is 0 Å². The molecule has 0 amide bonds. The monoisotopic (exact) mass is 115 g/mol. The van der Waals surface area contributed by atoms with Gasteiger partial charge in [-0.2, -0.15) is 0 Å². The van der Waals surface area contributed by atoms with E-state index in [0.29, 0.717) is 0 Å². The molecule has 0 nitrogen and oxygen atoms in total. The summed E-state index contributed by atoms with van der Waals surface area (Å²) >= 11 is 4.89. The third kappa shape index (κ3) is 0.735. The summed E-state index contributed by atoms with van der Waals surface area (Å²) in [5.41, 5.74) is 0. The van der Waals surface area contributed by atoms with E-state index in [4.69, 9.17) is 11.8 Å². The zero-order valence-corrected chi connectivity index (χ0v) is 4.88. The van der Waals surface area contributed by atoms with Crippen LogP contribution in [0.15, 0.2) is 23.8 Å². The third-order valence-electron chi connectivity index (χ3n) is 0.577. The summed E-state index contributed by atoms with van der Waals surface area (Å²) in [6.45, 7) is -0.243. The molecule has 0 radical (unpaired) electrons. The Morgan fingerprint density at radius 3 is 1.83 bits per heavy atom. The molecule has 1 aliphatic heterocycles. The third-order valence-corrected chi connectivity index (χ3v) is 2.24. The Kier molecular flexibility index (Phi) is 1.13. The van der Waals surface area contributed by atoms with Gasteiger partial charge >= 0.3 is 0 Å². The standard InChI is InChI=1S/C4H4PS/c6-5-3-1-2-4-5/h1-4H/q+1. The molecule has 0 aliphatic carbocycles. The summed E-state index contributed by atoms with van der Waals surface area (Å²) in [4.78, 5) is 0. The van der Waals surface area contributed by atoms with E-state index in [1.165, 1.54) is 0 Å². The van der Waals surface area contributed by atoms with Crippen molar-refractivity contribution in [1.29, 1.82) is 0 Å². The molecule has 0 unspecified atom stereocenters. The average Bonchev–Trinajstić information content (AvgIpc) is 1.86. The van der Waals surface area contributed by atoms with Gasteiger partial charge in [-0.25, -0.2) is 0 Å². The summed E-state index contributed by atoms with van der Waals surface area (Å²) in [5, 5.41) is 0. The van der Waals surface area contributed by atoms with E-state index < -0.39 is 0 Å². The van der Waals surface area contributed by atoms with Crippen LogP contribution in [-0.2, 0) is 11.8 Å². The lowest BCUT2D eigenvalue weighted by atomic mass is 10.6. The Bertz CT molecular complexity index is 110. The molecule has 0 saturated heterocycles. The summed E-state index contributed by atoms with van der Waals surface area (Å²) in [6, 6.07) is 0. The molecule has 6 heavy (non-hydrogen) atoms. The molecule has 0 aromatic carbocycles. The maximum Gasteiger partial charge on any atom is 0.235 e. The maximum absolute atomic E-state index is 4.89. The van der Waals surface area contributed by atoms with Crippen LogP contribution in [0.5, 0.6) is 0 Å². The Morgan fingerprint density at radius 1 is 1.17 bits per heavy atom. The number of hydrogen-bond acceptors (Lipinski definition) is 1. The van der Waals surface area contributed by atoms with Crippen molar-refractivity contribution in [3.8, 4) is 0 Å². The number of hydrogen-bond donors (Lipinski definition) is 0. The predicted octanol–water partition coefficient (Wildman–Crippen LogP) is 1.97. The average molecular weight is 115 g/mol. The van der Waals surface area contributed by atoms with Gasteiger partial charge in [0.25, 0.3) is 0 Å². The maximum atomic E-state index is 4.89. The van der Waals surface area contributed by atoms with Crippen molar-refractivity contribution in [3.05, 3.63) is 23.8 Å². The highest BCUT2D eigenvalue weighted by Gasteiger charge is 1.99. The van der Waals surface area contributed by atoms with Crippen molar-refractivity contribution in [1.82, 2.24) is 0 Å². The Hall–Kier alpha value is 0. The van der Waals surface area contributed by atoms with E-state index in [1.807, 2.05) is 23.8 Å². The SMILES string of the molecule is S=[P+]1C=CC=C1. The Morgan fingerprint density at radius 2 is 1.67 bits per heavy atom. The van der Waals surface area contributed by atoms with Crippen molar-refractivity contribution in [2.45, 2.75) is 0 Å². The van der Waals surface area contributed by atoms with E-state index in [0.717, 1.165) is 0 Å². The van der Waals surface area contributed by atoms with E-state index in [-0.39, 0.29) is 6.70 Å². The molecule has 0 aromatic heterocycles. The molecule has 0 bridgehead atoms. The summed E-state index contributed by atoms with van der Waals surface area (Å²) < 4.78 is 0. The first kappa shape index (κ1) is 4.17. The number of rotatable bonds is 0. The van der Waals surface area contributed by atoms with Gasteiger partial charge in [0.2, 0.25) is 6.70 Å². The highest BCUT2D eigenvalue weighted by Crippen LogP contribution is 2.28. The zero-order valence-electron chi connectivity index (χ0n) is 3.16. The lowest BCUT2D eigenvalue weighted by Crippen LogP contribution is -1.24. The summed E-state index contributed by atoms with van der Waals surface area (Å²) in [6.07, 6.45) is 4.00. The van der Waals surface area contributed by atoms with Crippen LogP contribution in [0.4, 0.5) is 0 Å². The second kappa shape index (κ2) is 1.63. The minimum absolute atomic E-state index is 0.243. The van der Waals surface area contributed by atoms with Crippen LogP contribution in [-0.4, -0.2) is 0 Å². The second-order valence-corrected chi connectivity index (χ2v) is 3.62. The summed E-state index contributed by atoms with van der Waals surface area (Å²) in [5.74, 6) is 4.09. The molecule has 0 aromatic rings. The molecular formula is C4H4PS+. The molecule has 0 N–H and O–H groups in total. The van der Waals surface area contributed by atoms with E-state index in [2.05, 4.69) is 0 Å². The normalized spacial score (nSPS) is 17.0. The molecule has 30 valence electrons. The zero-order chi connectivity index (χ0) is 4.41. The largest absolute Gasteiger partial charge is 0.235 e. The first-order valence-electron chi connectivity index (χ1n) is 1.70. The van der Waals surface area contributed by atoms with Gasteiger partial charge in [-0.1, -0.05) is 0 Å². The smallest absolute Gasteiger partial charge is 0.0145 e. The molecular weight excluding hydrogens is 111 g/mol. The molecule has 2 heteroatoms. The van der Waals surface area contributed by atoms with Crippen molar-refractivity contribution in [2.24, 2.45) is 0 Å². The lowest BCUT2D eigenvalue weighted by Gasteiger charge is -1.48. The van der Waals surface area contributed by atoms with Crippen LogP contribution in [0.3, 0.4) is 0 Å². The Labute approximate surface area is 43.0 Å². The van der Waals surface area contributed by atoms with Gasteiger partial charge in [-0.15, -0.1) is 0 Å². The molecule has 0 spiro atoms. The van der Waals surface area contributed by atoms with Gasteiger partial charge in [0.15, 0.2) is 11.8 Å². The highest BCUT2D eigenvalue weighted by atomic mass is 32.4. The summed E-state index contributed by atoms with van der Waals surface area (Å²) in [7, 11) is 0. The number of allylic oxidation sites excluding steroid dienone is 2. The van der Waals surface area contributed by atoms with Gasteiger partial charge < -0.3 is 0 Å². The van der Waals surface area contributed by atoms with Crippen LogP contribution in [0.1, 0.15) is 0 Å². The molecule has 0 saturated carbocycles. The fourth-order valence-electron chi connectivity index (χ4n) is 0.319. The van der Waals surface area contributed by atoms with Crippen LogP contribution in [0.25, 0.3) is 0 Å². The van der Waals surface area contributed by atoms with E-state index >= 15 is 0 Å². The van der Waals surface area contributed by atoms with Crippen molar-refractivity contribution in [2.75, 3.05) is 0 Å². The molecule has 1 heterocycles. The highest BCUT2D eigenvalue weighted by molar-refractivity contribution is 8.08. The van der Waals surface area contributed by atoms with E-state index in [9.17, 15) is 0 Å². The lowest BCUT2D eigenvalue weighted by molar-refractivity contribution is 2.15. The van der Waals surface area contributed by atoms with Gasteiger partial charge in [0.05, 0.1) is 0 Å². The molecule has 0 atom stereocenters. The van der Waals surface area contributed by atoms with Crippen LogP contribution < -0.4 is 0 Å².